The molecule has 374 valence electrons. The molecule has 8 atom stereocenters. The molecule has 3 rings (SSSR count). The molecule has 2 aromatic heterocycles. The molecule has 1 saturated heterocycles. The van der Waals surface area contributed by atoms with Gasteiger partial charge in [0.2, 0.25) is 11.8 Å². The van der Waals surface area contributed by atoms with E-state index in [2.05, 4.69) is 34.4 Å². The van der Waals surface area contributed by atoms with Crippen molar-refractivity contribution in [1.29, 1.82) is 0 Å². The van der Waals surface area contributed by atoms with E-state index in [1.165, 1.54) is 13.8 Å². The number of rotatable bonds is 31. The molecule has 0 radical (unpaired) electrons. The van der Waals surface area contributed by atoms with Crippen molar-refractivity contribution < 1.29 is 95.5 Å². The lowest BCUT2D eigenvalue weighted by Crippen LogP contribution is -2.46. The smallest absolute Gasteiger partial charge is 0.481 e. The lowest BCUT2D eigenvalue weighted by atomic mass is 9.87. The predicted molar refractivity (Wildman–Crippen MR) is 231 cm³/mol. The van der Waals surface area contributed by atoms with Crippen LogP contribution in [0.3, 0.4) is 0 Å². The van der Waals surface area contributed by atoms with Crippen molar-refractivity contribution in [3.63, 3.8) is 0 Å². The van der Waals surface area contributed by atoms with Gasteiger partial charge in [0.05, 0.1) is 25.6 Å². The van der Waals surface area contributed by atoms with Gasteiger partial charge in [-0.1, -0.05) is 63.4 Å². The highest BCUT2D eigenvalue weighted by Crippen LogP contribution is 2.61. The summed E-state index contributed by atoms with van der Waals surface area (Å²) in [5.41, 5.74) is 4.21. The number of aliphatic hydroxyl groups excluding tert-OH is 3. The molecule has 8 unspecified atom stereocenters. The molecule has 0 spiro atoms. The second-order valence-electron chi connectivity index (χ2n) is 15.5. The minimum Gasteiger partial charge on any atom is -0.481 e. The second kappa shape index (κ2) is 26.5. The van der Waals surface area contributed by atoms with Crippen molar-refractivity contribution in [3.05, 3.63) is 24.8 Å². The number of amides is 2. The maximum atomic E-state index is 12.7. The SMILES string of the molecule is CC(C)(COP(=O)(O)OP(=O)(O)OCC1OC(n2cnc3c(N)ncnc32)C(O)C1OP(=O)(O)O)C(O)C(=O)NCCC(=O)NCCSC(=O)CC(O)/C=C/CCCCCCCCC(=O)O. The van der Waals surface area contributed by atoms with Gasteiger partial charge in [0, 0.05) is 43.5 Å². The minimum absolute atomic E-state index is 0.0200. The number of phosphoric acid groups is 3. The van der Waals surface area contributed by atoms with Crippen molar-refractivity contribution in [1.82, 2.24) is 30.2 Å². The number of carbonyl (C=O) groups excluding carboxylic acids is 3. The molecule has 31 heteroatoms. The van der Waals surface area contributed by atoms with Crippen LogP contribution in [0, 0.1) is 5.41 Å². The number of carboxylic acids is 1. The number of aromatic nitrogens is 4. The molecule has 2 amide bonds. The van der Waals surface area contributed by atoms with Gasteiger partial charge in [0.25, 0.3) is 0 Å². The van der Waals surface area contributed by atoms with Crippen LogP contribution in [0.4, 0.5) is 5.82 Å². The number of carboxylic acid groups (broad SMARTS) is 1. The molecule has 66 heavy (non-hydrogen) atoms. The summed E-state index contributed by atoms with van der Waals surface area (Å²) in [7, 11) is -16.5. The molecular weight excluding hydrogens is 963 g/mol. The number of nitrogens with one attached hydrogen (secondary N) is 2. The molecule has 0 aliphatic carbocycles. The molecule has 2 aromatic rings. The summed E-state index contributed by atoms with van der Waals surface area (Å²) < 4.78 is 62.3. The first-order valence-corrected chi connectivity index (χ1v) is 25.9. The van der Waals surface area contributed by atoms with Crippen LogP contribution < -0.4 is 16.4 Å². The van der Waals surface area contributed by atoms with Gasteiger partial charge in [-0.2, -0.15) is 4.31 Å². The lowest BCUT2D eigenvalue weighted by molar-refractivity contribution is -0.137. The van der Waals surface area contributed by atoms with Crippen LogP contribution in [-0.4, -0.2) is 145 Å². The van der Waals surface area contributed by atoms with E-state index < -0.39 is 96.6 Å². The van der Waals surface area contributed by atoms with E-state index in [0.29, 0.717) is 6.42 Å². The van der Waals surface area contributed by atoms with Crippen LogP contribution in [0.5, 0.6) is 0 Å². The maximum absolute atomic E-state index is 12.7. The number of phosphoric ester groups is 3. The average molecular weight is 1020 g/mol. The van der Waals surface area contributed by atoms with Crippen LogP contribution in [0.2, 0.25) is 0 Å². The number of hydrogen-bond acceptors (Lipinski definition) is 20. The van der Waals surface area contributed by atoms with Crippen LogP contribution in [0.25, 0.3) is 11.2 Å². The zero-order valence-corrected chi connectivity index (χ0v) is 39.5. The summed E-state index contributed by atoms with van der Waals surface area (Å²) >= 11 is 0.926. The monoisotopic (exact) mass is 1020 g/mol. The van der Waals surface area contributed by atoms with Crippen LogP contribution in [0.1, 0.15) is 84.3 Å². The fourth-order valence-electron chi connectivity index (χ4n) is 6.09. The largest absolute Gasteiger partial charge is 0.481 e. The predicted octanol–water partition coefficient (Wildman–Crippen LogP) is 1.18. The molecular formula is C35H58N7O20P3S. The molecule has 0 bridgehead atoms. The Kier molecular flexibility index (Phi) is 22.9. The molecule has 1 fully saturated rings. The number of nitrogen functional groups attached to an aromatic ring is 1. The second-order valence-corrected chi connectivity index (χ2v) is 20.9. The number of unbranched alkanes of at least 4 members (excludes halogenated alkanes) is 6. The van der Waals surface area contributed by atoms with Gasteiger partial charge < -0.3 is 61.1 Å². The number of thioether (sulfide) groups is 1. The first-order valence-electron chi connectivity index (χ1n) is 20.4. The van der Waals surface area contributed by atoms with Crippen LogP contribution >= 0.6 is 35.2 Å². The Hall–Kier alpha value is -3.27. The first kappa shape index (κ1) is 57.1. The molecule has 3 heterocycles. The third-order valence-electron chi connectivity index (χ3n) is 9.51. The Balaban J connectivity index is 1.35. The van der Waals surface area contributed by atoms with Gasteiger partial charge >= 0.3 is 29.4 Å². The Bertz CT molecular complexity index is 2110. The number of ether oxygens (including phenoxy) is 1. The number of anilines is 1. The highest BCUT2D eigenvalue weighted by atomic mass is 32.2. The number of carbonyl (C=O) groups is 4. The number of nitrogens with two attached hydrogens (primary N) is 1. The van der Waals surface area contributed by atoms with Gasteiger partial charge in [0.1, 0.15) is 36.3 Å². The van der Waals surface area contributed by atoms with Gasteiger partial charge in [-0.05, 0) is 19.3 Å². The van der Waals surface area contributed by atoms with E-state index in [4.69, 9.17) is 24.6 Å². The van der Waals surface area contributed by atoms with E-state index in [1.807, 2.05) is 6.08 Å². The van der Waals surface area contributed by atoms with Crippen molar-refractivity contribution in [2.24, 2.45) is 5.41 Å². The molecule has 12 N–H and O–H groups in total. The van der Waals surface area contributed by atoms with Crippen molar-refractivity contribution in [2.45, 2.75) is 115 Å². The number of aliphatic hydroxyl groups is 3. The standard InChI is InChI=1S/C35H58N7O20P3S/c1-35(2,30(49)33(50)38-14-13-24(44)37-15-16-66-26(47)17-22(43)11-9-7-5-3-4-6-8-10-12-25(45)46)19-59-65(56,57)62-64(54,55)58-18-23-29(61-63(51,52)53)28(48)34(60-23)42-21-41-27-31(36)39-20-40-32(27)42/h9,11,20-23,28-30,34,43,48-49H,3-8,10,12-19H2,1-2H3,(H,37,44)(H,38,50)(H,45,46)(H,54,55)(H,56,57)(H2,36,39,40)(H2,51,52,53)/b11-9+. The van der Waals surface area contributed by atoms with Gasteiger partial charge in [-0.25, -0.2) is 28.6 Å². The third-order valence-corrected chi connectivity index (χ3v) is 13.5. The number of fused-ring (bicyclic) bond motifs is 1. The van der Waals surface area contributed by atoms with E-state index in [1.54, 1.807) is 6.08 Å². The summed E-state index contributed by atoms with van der Waals surface area (Å²) in [6.45, 7) is 0.266. The normalized spacial score (nSPS) is 20.7. The summed E-state index contributed by atoms with van der Waals surface area (Å²) in [6, 6.07) is 0. The van der Waals surface area contributed by atoms with E-state index >= 15 is 0 Å². The van der Waals surface area contributed by atoms with Crippen LogP contribution in [0.15, 0.2) is 24.8 Å². The number of hydrogen-bond donors (Lipinski definition) is 11. The fourth-order valence-corrected chi connectivity index (χ4v) is 9.64. The number of aliphatic carboxylic acids is 1. The highest BCUT2D eigenvalue weighted by molar-refractivity contribution is 8.13. The Morgan fingerprint density at radius 2 is 1.62 bits per heavy atom. The van der Waals surface area contributed by atoms with Crippen molar-refractivity contribution in [3.8, 4) is 0 Å². The number of nitrogens with zero attached hydrogens (tertiary/aromatic N) is 4. The minimum atomic E-state index is -5.60. The van der Waals surface area contributed by atoms with E-state index in [-0.39, 0.29) is 60.2 Å². The zero-order valence-electron chi connectivity index (χ0n) is 36.0. The summed E-state index contributed by atoms with van der Waals surface area (Å²) in [5, 5.41) is 44.9. The summed E-state index contributed by atoms with van der Waals surface area (Å²) in [5.74, 6) is -2.13. The fraction of sp³-hybridized carbons (Fsp3) is 0.686. The number of allylic oxidation sites excluding steroid dienone is 1. The van der Waals surface area contributed by atoms with E-state index in [0.717, 1.165) is 67.5 Å². The average Bonchev–Trinajstić information content (AvgIpc) is 3.78. The quantitative estimate of drug-likeness (QED) is 0.0287. The topological polar surface area (TPSA) is 421 Å². The molecule has 0 saturated carbocycles. The lowest BCUT2D eigenvalue weighted by Gasteiger charge is -2.30. The molecule has 0 aromatic carbocycles. The number of imidazole rings is 1. The maximum Gasteiger partial charge on any atom is 0.481 e. The summed E-state index contributed by atoms with van der Waals surface area (Å²) in [4.78, 5) is 98.7. The molecule has 1 aliphatic heterocycles. The highest BCUT2D eigenvalue weighted by Gasteiger charge is 2.50. The van der Waals surface area contributed by atoms with Crippen molar-refractivity contribution in [2.75, 3.05) is 37.8 Å². The van der Waals surface area contributed by atoms with Gasteiger partial charge in [-0.3, -0.25) is 37.3 Å². The van der Waals surface area contributed by atoms with Gasteiger partial charge in [-0.15, -0.1) is 0 Å². The van der Waals surface area contributed by atoms with E-state index in [9.17, 15) is 67.8 Å². The Morgan fingerprint density at radius 1 is 0.955 bits per heavy atom. The molecule has 27 nitrogen and oxygen atoms in total. The van der Waals surface area contributed by atoms with Crippen LogP contribution in [-0.2, 0) is 55.5 Å². The van der Waals surface area contributed by atoms with Crippen molar-refractivity contribution >= 4 is 75.1 Å². The summed E-state index contributed by atoms with van der Waals surface area (Å²) in [6.07, 6.45) is 1.55. The Labute approximate surface area is 382 Å². The Morgan fingerprint density at radius 3 is 2.30 bits per heavy atom. The molecule has 1 aliphatic rings. The third kappa shape index (κ3) is 20.1. The van der Waals surface area contributed by atoms with Gasteiger partial charge in [0.15, 0.2) is 22.8 Å². The first-order chi connectivity index (χ1) is 30.8. The zero-order chi connectivity index (χ0) is 49.3.